The van der Waals surface area contributed by atoms with Gasteiger partial charge in [-0.05, 0) is 64.7 Å². The molecule has 0 atom stereocenters. The molecule has 5 heteroatoms. The Bertz CT molecular complexity index is 356. The maximum atomic E-state index is 5.86. The lowest BCUT2D eigenvalue weighted by Gasteiger charge is -2.41. The average Bonchev–Trinajstić information content (AvgIpc) is 2.50. The summed E-state index contributed by atoms with van der Waals surface area (Å²) in [5.74, 6) is 0. The van der Waals surface area contributed by atoms with E-state index in [0.29, 0.717) is 6.10 Å². The molecule has 0 N–H and O–H groups in total. The summed E-state index contributed by atoms with van der Waals surface area (Å²) in [6.45, 7) is 18.9. The minimum absolute atomic E-state index is 0.106. The van der Waals surface area contributed by atoms with Crippen molar-refractivity contribution in [3.8, 4) is 0 Å². The summed E-state index contributed by atoms with van der Waals surface area (Å²) in [7, 11) is 0. The topological polar surface area (TPSA) is 40.2 Å². The number of unbranched alkanes of at least 4 members (excludes halogenated alkanes) is 4. The number of hydrogen-bond acceptors (Lipinski definition) is 5. The third-order valence-electron chi connectivity index (χ3n) is 4.12. The van der Waals surface area contributed by atoms with Crippen molar-refractivity contribution in [2.75, 3.05) is 46.1 Å². The molecule has 0 aliphatic carbocycles. The molecule has 1 fully saturated rings. The second kappa shape index (κ2) is 13.1. The van der Waals surface area contributed by atoms with Gasteiger partial charge in [0.1, 0.15) is 0 Å². The number of ether oxygens (including phenoxy) is 3. The van der Waals surface area contributed by atoms with Crippen molar-refractivity contribution in [1.29, 1.82) is 0 Å². The second-order valence-electron chi connectivity index (χ2n) is 9.89. The fraction of sp³-hybridized carbons (Fsp3) is 1.00. The largest absolute Gasteiger partial charge is 0.381 e. The zero-order valence-corrected chi connectivity index (χ0v) is 18.8. The van der Waals surface area contributed by atoms with E-state index in [2.05, 4.69) is 41.5 Å². The number of nitrogens with zero attached hydrogens (tertiary/aromatic N) is 1. The first-order chi connectivity index (χ1) is 12.7. The molecule has 0 unspecified atom stereocenters. The third-order valence-corrected chi connectivity index (χ3v) is 4.12. The van der Waals surface area contributed by atoms with Crippen molar-refractivity contribution in [3.63, 3.8) is 0 Å². The molecule has 1 aliphatic rings. The highest BCUT2D eigenvalue weighted by Gasteiger charge is 2.31. The van der Waals surface area contributed by atoms with Crippen LogP contribution in [0.4, 0.5) is 0 Å². The number of hydrogen-bond donors (Lipinski definition) is 0. The van der Waals surface area contributed by atoms with Crippen LogP contribution in [0.1, 0.15) is 80.1 Å². The van der Waals surface area contributed by atoms with Crippen LogP contribution in [0.25, 0.3) is 0 Å². The van der Waals surface area contributed by atoms with E-state index >= 15 is 0 Å². The van der Waals surface area contributed by atoms with Crippen LogP contribution in [0, 0.1) is 5.41 Å². The van der Waals surface area contributed by atoms with Crippen molar-refractivity contribution in [3.05, 3.63) is 0 Å². The van der Waals surface area contributed by atoms with Crippen molar-refractivity contribution >= 4 is 0 Å². The Morgan fingerprint density at radius 3 is 1.74 bits per heavy atom. The van der Waals surface area contributed by atoms with E-state index in [1.165, 1.54) is 12.8 Å². The molecule has 1 aliphatic heterocycles. The van der Waals surface area contributed by atoms with Crippen LogP contribution in [0.15, 0.2) is 0 Å². The van der Waals surface area contributed by atoms with Crippen LogP contribution in [0.3, 0.4) is 0 Å². The molecule has 1 saturated heterocycles. The van der Waals surface area contributed by atoms with Crippen LogP contribution >= 0.6 is 0 Å². The van der Waals surface area contributed by atoms with Crippen LogP contribution in [0.2, 0.25) is 0 Å². The summed E-state index contributed by atoms with van der Waals surface area (Å²) in [6.07, 6.45) is 7.22. The minimum atomic E-state index is -0.106. The first-order valence-corrected chi connectivity index (χ1v) is 10.9. The van der Waals surface area contributed by atoms with Gasteiger partial charge >= 0.3 is 0 Å². The highest BCUT2D eigenvalue weighted by molar-refractivity contribution is 4.76. The van der Waals surface area contributed by atoms with E-state index in [4.69, 9.17) is 19.0 Å². The second-order valence-corrected chi connectivity index (χ2v) is 9.89. The summed E-state index contributed by atoms with van der Waals surface area (Å²) < 4.78 is 17.2. The maximum absolute atomic E-state index is 5.86. The lowest BCUT2D eigenvalue weighted by Crippen LogP contribution is -2.54. The van der Waals surface area contributed by atoms with Gasteiger partial charge in [-0.1, -0.05) is 20.8 Å². The first-order valence-electron chi connectivity index (χ1n) is 10.9. The predicted molar refractivity (Wildman–Crippen MR) is 111 cm³/mol. The van der Waals surface area contributed by atoms with Gasteiger partial charge in [0.25, 0.3) is 0 Å². The summed E-state index contributed by atoms with van der Waals surface area (Å²) >= 11 is 0. The Balaban J connectivity index is 1.73. The van der Waals surface area contributed by atoms with E-state index in [1.54, 1.807) is 0 Å². The minimum Gasteiger partial charge on any atom is -0.381 e. The maximum Gasteiger partial charge on any atom is 0.0875 e. The molecule has 5 nitrogen and oxygen atoms in total. The Labute approximate surface area is 168 Å². The molecule has 0 aromatic rings. The normalized spacial score (nSPS) is 16.7. The Kier molecular flexibility index (Phi) is 12.1. The first kappa shape index (κ1) is 24.8. The summed E-state index contributed by atoms with van der Waals surface area (Å²) in [6, 6.07) is 0. The van der Waals surface area contributed by atoms with Crippen molar-refractivity contribution in [2.24, 2.45) is 5.41 Å². The lowest BCUT2D eigenvalue weighted by molar-refractivity contribution is -0.291. The molecule has 0 bridgehead atoms. The van der Waals surface area contributed by atoms with Crippen molar-refractivity contribution in [1.82, 2.24) is 5.06 Å². The molecule has 27 heavy (non-hydrogen) atoms. The molecule has 0 saturated carbocycles. The van der Waals surface area contributed by atoms with Crippen molar-refractivity contribution < 1.29 is 19.0 Å². The molecular formula is C22H45NO4. The summed E-state index contributed by atoms with van der Waals surface area (Å²) in [5.41, 5.74) is 0.165. The summed E-state index contributed by atoms with van der Waals surface area (Å²) in [5, 5.41) is 2.00. The molecule has 1 heterocycles. The zero-order chi connectivity index (χ0) is 20.2. The third kappa shape index (κ3) is 15.4. The van der Waals surface area contributed by atoms with Gasteiger partial charge in [-0.2, -0.15) is 5.06 Å². The van der Waals surface area contributed by atoms with Crippen LogP contribution in [-0.4, -0.2) is 62.9 Å². The van der Waals surface area contributed by atoms with Gasteiger partial charge in [0.05, 0.1) is 31.4 Å². The Morgan fingerprint density at radius 2 is 1.22 bits per heavy atom. The van der Waals surface area contributed by atoms with Gasteiger partial charge in [-0.3, -0.25) is 4.84 Å². The molecule has 1 rings (SSSR count). The molecule has 162 valence electrons. The van der Waals surface area contributed by atoms with Gasteiger partial charge in [0, 0.05) is 26.4 Å². The number of rotatable bonds is 15. The van der Waals surface area contributed by atoms with Crippen molar-refractivity contribution in [2.45, 2.75) is 91.8 Å². The standard InChI is InChI=1S/C22H45NO4/c1-21(2,3)19-25-15-11-7-9-13-24-14-10-8-12-16-26-20-17-23(18-20)27-22(4,5)6/h20H,7-19H2,1-6H3. The summed E-state index contributed by atoms with van der Waals surface area (Å²) in [4.78, 5) is 5.77. The molecule has 0 amide bonds. The molecule has 0 radical (unpaired) electrons. The van der Waals surface area contributed by atoms with E-state index < -0.39 is 0 Å². The van der Waals surface area contributed by atoms with Gasteiger partial charge < -0.3 is 14.2 Å². The van der Waals surface area contributed by atoms with E-state index in [-0.39, 0.29) is 11.0 Å². The highest BCUT2D eigenvalue weighted by atomic mass is 16.7. The average molecular weight is 388 g/mol. The monoisotopic (exact) mass is 387 g/mol. The molecular weight excluding hydrogens is 342 g/mol. The Morgan fingerprint density at radius 1 is 0.704 bits per heavy atom. The number of hydroxylamine groups is 2. The fourth-order valence-electron chi connectivity index (χ4n) is 2.77. The van der Waals surface area contributed by atoms with Gasteiger partial charge in [0.15, 0.2) is 0 Å². The Hall–Kier alpha value is -0.200. The SMILES string of the molecule is CC(C)(C)COCCCCCOCCCCCOC1CN(OC(C)(C)C)C1. The van der Waals surface area contributed by atoms with Crippen LogP contribution < -0.4 is 0 Å². The van der Waals surface area contributed by atoms with Gasteiger partial charge in [0.2, 0.25) is 0 Å². The molecule has 0 spiro atoms. The highest BCUT2D eigenvalue weighted by Crippen LogP contribution is 2.18. The van der Waals surface area contributed by atoms with Gasteiger partial charge in [-0.15, -0.1) is 0 Å². The zero-order valence-electron chi connectivity index (χ0n) is 18.8. The fourth-order valence-corrected chi connectivity index (χ4v) is 2.77. The van der Waals surface area contributed by atoms with E-state index in [9.17, 15) is 0 Å². The predicted octanol–water partition coefficient (Wildman–Crippen LogP) is 4.84. The van der Waals surface area contributed by atoms with Crippen LogP contribution in [0.5, 0.6) is 0 Å². The lowest BCUT2D eigenvalue weighted by atomic mass is 9.99. The quantitative estimate of drug-likeness (QED) is 0.376. The smallest absolute Gasteiger partial charge is 0.0875 e. The van der Waals surface area contributed by atoms with E-state index in [1.807, 2.05) is 5.06 Å². The van der Waals surface area contributed by atoms with E-state index in [0.717, 1.165) is 71.8 Å². The molecule has 0 aromatic heterocycles. The van der Waals surface area contributed by atoms with Gasteiger partial charge in [-0.25, -0.2) is 0 Å². The molecule has 0 aromatic carbocycles. The van der Waals surface area contributed by atoms with Crippen LogP contribution in [-0.2, 0) is 19.0 Å².